The molecule has 0 aliphatic heterocycles. The van der Waals surface area contributed by atoms with E-state index in [9.17, 15) is 4.79 Å². The van der Waals surface area contributed by atoms with E-state index in [0.29, 0.717) is 18.8 Å². The van der Waals surface area contributed by atoms with Crippen LogP contribution in [0.25, 0.3) is 5.52 Å². The van der Waals surface area contributed by atoms with Crippen LogP contribution < -0.4 is 0 Å². The predicted octanol–water partition coefficient (Wildman–Crippen LogP) is 4.76. The number of carbonyl (C=O) groups excluding carboxylic acids is 1. The van der Waals surface area contributed by atoms with Gasteiger partial charge in [0.25, 0.3) is 0 Å². The van der Waals surface area contributed by atoms with Gasteiger partial charge < -0.3 is 13.9 Å². The summed E-state index contributed by atoms with van der Waals surface area (Å²) >= 11 is 1.66. The molecule has 126 valence electrons. The normalized spacial score (nSPS) is 12.5. The Balaban J connectivity index is 1.96. The Morgan fingerprint density at radius 1 is 1.38 bits per heavy atom. The van der Waals surface area contributed by atoms with Crippen LogP contribution in [0.5, 0.6) is 0 Å². The van der Waals surface area contributed by atoms with Crippen molar-refractivity contribution in [2.75, 3.05) is 6.61 Å². The third kappa shape index (κ3) is 3.23. The lowest BCUT2D eigenvalue weighted by Gasteiger charge is -2.20. The molecule has 0 amide bonds. The molecule has 1 unspecified atom stereocenters. The number of thiophene rings is 1. The molecule has 0 aliphatic carbocycles. The summed E-state index contributed by atoms with van der Waals surface area (Å²) in [5.74, 6) is -0.287. The first-order valence-corrected chi connectivity index (χ1v) is 8.96. The van der Waals surface area contributed by atoms with Crippen molar-refractivity contribution in [2.45, 2.75) is 33.5 Å². The first kappa shape index (κ1) is 16.7. The zero-order valence-corrected chi connectivity index (χ0v) is 14.9. The molecule has 0 N–H and O–H groups in total. The molecule has 5 heteroatoms. The maximum absolute atomic E-state index is 12.3. The second-order valence-corrected chi connectivity index (χ2v) is 6.46. The summed E-state index contributed by atoms with van der Waals surface area (Å²) in [6.45, 7) is 6.70. The second kappa shape index (κ2) is 7.20. The van der Waals surface area contributed by atoms with Crippen LogP contribution in [0.1, 0.15) is 47.1 Å². The Hall–Kier alpha value is -2.11. The molecular formula is C19H21NO3S. The monoisotopic (exact) mass is 343 g/mol. The average Bonchev–Trinajstić information content (AvgIpc) is 3.23. The highest BCUT2D eigenvalue weighted by molar-refractivity contribution is 7.07. The molecule has 3 aromatic rings. The Kier molecular flexibility index (Phi) is 5.02. The summed E-state index contributed by atoms with van der Waals surface area (Å²) in [5.41, 5.74) is 4.61. The second-order valence-electron chi connectivity index (χ2n) is 5.68. The first-order valence-electron chi connectivity index (χ1n) is 8.02. The fourth-order valence-corrected chi connectivity index (χ4v) is 3.56. The lowest BCUT2D eigenvalue weighted by molar-refractivity contribution is 0.0477. The van der Waals surface area contributed by atoms with E-state index in [1.165, 1.54) is 0 Å². The van der Waals surface area contributed by atoms with E-state index in [-0.39, 0.29) is 12.1 Å². The average molecular weight is 343 g/mol. The van der Waals surface area contributed by atoms with Crippen molar-refractivity contribution in [1.29, 1.82) is 0 Å². The fraction of sp³-hybridized carbons (Fsp3) is 0.316. The van der Waals surface area contributed by atoms with Crippen molar-refractivity contribution >= 4 is 22.8 Å². The van der Waals surface area contributed by atoms with E-state index in [1.54, 1.807) is 11.3 Å². The van der Waals surface area contributed by atoms with Gasteiger partial charge in [-0.3, -0.25) is 0 Å². The molecule has 3 heterocycles. The van der Waals surface area contributed by atoms with Crippen molar-refractivity contribution in [3.05, 3.63) is 63.6 Å². The highest BCUT2D eigenvalue weighted by Crippen LogP contribution is 2.27. The van der Waals surface area contributed by atoms with Crippen molar-refractivity contribution < 1.29 is 14.3 Å². The Bertz CT molecular complexity index is 836. The summed E-state index contributed by atoms with van der Waals surface area (Å²) in [6, 6.07) is 7.89. The largest absolute Gasteiger partial charge is 0.462 e. The zero-order valence-electron chi connectivity index (χ0n) is 14.1. The van der Waals surface area contributed by atoms with E-state index in [0.717, 1.165) is 22.3 Å². The summed E-state index contributed by atoms with van der Waals surface area (Å²) in [5, 5.41) is 4.12. The topological polar surface area (TPSA) is 39.9 Å². The van der Waals surface area contributed by atoms with Gasteiger partial charge in [-0.05, 0) is 66.9 Å². The number of hydrogen-bond acceptors (Lipinski definition) is 4. The van der Waals surface area contributed by atoms with Crippen molar-refractivity contribution in [2.24, 2.45) is 0 Å². The molecule has 24 heavy (non-hydrogen) atoms. The number of aromatic nitrogens is 1. The minimum Gasteiger partial charge on any atom is -0.462 e. The van der Waals surface area contributed by atoms with Crippen LogP contribution in [0.4, 0.5) is 0 Å². The molecule has 3 rings (SSSR count). The summed E-state index contributed by atoms with van der Waals surface area (Å²) in [4.78, 5) is 12.3. The van der Waals surface area contributed by atoms with Crippen LogP contribution in [0.15, 0.2) is 41.2 Å². The first-order chi connectivity index (χ1) is 11.6. The number of carbonyl (C=O) groups is 1. The minimum atomic E-state index is -0.287. The number of ether oxygens (including phenoxy) is 2. The van der Waals surface area contributed by atoms with Crippen LogP contribution in [-0.4, -0.2) is 17.0 Å². The number of hydrogen-bond donors (Lipinski definition) is 0. The molecule has 0 saturated heterocycles. The van der Waals surface area contributed by atoms with Crippen LogP contribution in [0.2, 0.25) is 0 Å². The lowest BCUT2D eigenvalue weighted by atomic mass is 10.0. The van der Waals surface area contributed by atoms with Crippen LogP contribution in [0, 0.1) is 6.92 Å². The Morgan fingerprint density at radius 2 is 2.21 bits per heavy atom. The predicted molar refractivity (Wildman–Crippen MR) is 95.6 cm³/mol. The van der Waals surface area contributed by atoms with Gasteiger partial charge in [0.05, 0.1) is 30.6 Å². The molecular weight excluding hydrogens is 322 g/mol. The van der Waals surface area contributed by atoms with Gasteiger partial charge in [0.15, 0.2) is 0 Å². The molecule has 3 aromatic heterocycles. The van der Waals surface area contributed by atoms with Gasteiger partial charge in [-0.1, -0.05) is 0 Å². The summed E-state index contributed by atoms with van der Waals surface area (Å²) < 4.78 is 13.3. The van der Waals surface area contributed by atoms with E-state index in [4.69, 9.17) is 9.47 Å². The van der Waals surface area contributed by atoms with Crippen LogP contribution in [0.3, 0.4) is 0 Å². The van der Waals surface area contributed by atoms with E-state index in [2.05, 4.69) is 15.8 Å². The minimum absolute atomic E-state index is 0.144. The lowest BCUT2D eigenvalue weighted by Crippen LogP contribution is -2.14. The van der Waals surface area contributed by atoms with Crippen LogP contribution in [-0.2, 0) is 16.1 Å². The number of esters is 1. The zero-order chi connectivity index (χ0) is 17.1. The van der Waals surface area contributed by atoms with E-state index >= 15 is 0 Å². The quantitative estimate of drug-likeness (QED) is 0.606. The Morgan fingerprint density at radius 3 is 2.92 bits per heavy atom. The van der Waals surface area contributed by atoms with Crippen molar-refractivity contribution in [3.8, 4) is 0 Å². The van der Waals surface area contributed by atoms with Gasteiger partial charge in [-0.25, -0.2) is 4.79 Å². The highest BCUT2D eigenvalue weighted by atomic mass is 32.1. The van der Waals surface area contributed by atoms with Gasteiger partial charge in [0, 0.05) is 11.7 Å². The summed E-state index contributed by atoms with van der Waals surface area (Å²) in [6.07, 6.45) is 1.85. The van der Waals surface area contributed by atoms with Gasteiger partial charge in [-0.15, -0.1) is 0 Å². The standard InChI is InChI=1S/C19H21NO3S/c1-4-22-19(21)17-10-16-6-5-8-20(16)18(13(17)2)14(3)23-11-15-7-9-24-12-15/h5-10,12,14H,4,11H2,1-3H3. The SMILES string of the molecule is CCOC(=O)c1cc2cccn2c(C(C)OCc2ccsc2)c1C. The summed E-state index contributed by atoms with van der Waals surface area (Å²) in [7, 11) is 0. The number of nitrogens with zero attached hydrogens (tertiary/aromatic N) is 1. The van der Waals surface area contributed by atoms with Gasteiger partial charge in [0.2, 0.25) is 0 Å². The van der Waals surface area contributed by atoms with Crippen LogP contribution >= 0.6 is 11.3 Å². The van der Waals surface area contributed by atoms with Gasteiger partial charge in [-0.2, -0.15) is 11.3 Å². The maximum Gasteiger partial charge on any atom is 0.338 e. The smallest absolute Gasteiger partial charge is 0.338 e. The third-order valence-corrected chi connectivity index (χ3v) is 4.81. The molecule has 0 aromatic carbocycles. The van der Waals surface area contributed by atoms with E-state index < -0.39 is 0 Å². The molecule has 0 aliphatic rings. The number of pyridine rings is 1. The third-order valence-electron chi connectivity index (χ3n) is 4.08. The molecule has 0 bridgehead atoms. The van der Waals surface area contributed by atoms with E-state index in [1.807, 2.05) is 50.5 Å². The Labute approximate surface area is 145 Å². The fourth-order valence-electron chi connectivity index (χ4n) is 2.90. The number of rotatable bonds is 6. The molecule has 1 atom stereocenters. The molecule has 4 nitrogen and oxygen atoms in total. The van der Waals surface area contributed by atoms with Crippen molar-refractivity contribution in [1.82, 2.24) is 4.40 Å². The highest BCUT2D eigenvalue weighted by Gasteiger charge is 2.20. The number of fused-ring (bicyclic) bond motifs is 1. The molecule has 0 fully saturated rings. The van der Waals surface area contributed by atoms with Crippen molar-refractivity contribution in [3.63, 3.8) is 0 Å². The molecule has 0 spiro atoms. The maximum atomic E-state index is 12.3. The van der Waals surface area contributed by atoms with Gasteiger partial charge >= 0.3 is 5.97 Å². The molecule has 0 radical (unpaired) electrons. The van der Waals surface area contributed by atoms with Gasteiger partial charge in [0.1, 0.15) is 0 Å². The molecule has 0 saturated carbocycles.